The van der Waals surface area contributed by atoms with Crippen molar-refractivity contribution in [3.8, 4) is 0 Å². The smallest absolute Gasteiger partial charge is 0.330 e. The van der Waals surface area contributed by atoms with E-state index in [-0.39, 0.29) is 18.6 Å². The maximum Gasteiger partial charge on any atom is 0.330 e. The number of hydrogen-bond acceptors (Lipinski definition) is 4. The van der Waals surface area contributed by atoms with Crippen molar-refractivity contribution in [1.82, 2.24) is 5.32 Å². The minimum atomic E-state index is -1.38. The van der Waals surface area contributed by atoms with Gasteiger partial charge in [-0.05, 0) is 29.5 Å². The molecule has 1 heterocycles. The van der Waals surface area contributed by atoms with Gasteiger partial charge in [0.25, 0.3) is 5.91 Å². The molecule has 138 valence electrons. The normalized spacial score (nSPS) is 19.6. The number of carboxylic acid groups (broad SMARTS) is 1. The van der Waals surface area contributed by atoms with Gasteiger partial charge in [-0.3, -0.25) is 4.79 Å². The largest absolute Gasteiger partial charge is 0.479 e. The number of allylic oxidation sites excluding steroid dienone is 4. The summed E-state index contributed by atoms with van der Waals surface area (Å²) in [5, 5.41) is 12.4. The highest BCUT2D eigenvalue weighted by Gasteiger charge is 2.46. The Morgan fingerprint density at radius 1 is 1.07 bits per heavy atom. The van der Waals surface area contributed by atoms with Crippen LogP contribution in [-0.4, -0.2) is 22.5 Å². The summed E-state index contributed by atoms with van der Waals surface area (Å²) in [5.74, 6) is -1.20. The summed E-state index contributed by atoms with van der Waals surface area (Å²) in [5.41, 5.74) is 1.46. The first-order chi connectivity index (χ1) is 13.1. The van der Waals surface area contributed by atoms with Gasteiger partial charge in [-0.15, -0.1) is 0 Å². The van der Waals surface area contributed by atoms with Gasteiger partial charge in [0.05, 0.1) is 0 Å². The number of aliphatic carboxylic acids is 1. The Hall–Kier alpha value is -3.28. The Bertz CT molecular complexity index is 897. The molecule has 0 radical (unpaired) electrons. The molecule has 0 fully saturated rings. The van der Waals surface area contributed by atoms with Crippen LogP contribution in [-0.2, 0) is 31.9 Å². The van der Waals surface area contributed by atoms with E-state index < -0.39 is 17.4 Å². The van der Waals surface area contributed by atoms with Crippen LogP contribution in [0.1, 0.15) is 24.0 Å². The molecule has 0 unspecified atom stereocenters. The van der Waals surface area contributed by atoms with Gasteiger partial charge in [-0.25, -0.2) is 4.79 Å². The second-order valence-electron chi connectivity index (χ2n) is 6.82. The van der Waals surface area contributed by atoms with Crippen LogP contribution in [0.5, 0.6) is 0 Å². The fourth-order valence-corrected chi connectivity index (χ4v) is 3.54. The molecule has 0 spiro atoms. The van der Waals surface area contributed by atoms with Crippen molar-refractivity contribution in [2.45, 2.75) is 31.2 Å². The van der Waals surface area contributed by atoms with Crippen molar-refractivity contribution >= 4 is 11.9 Å². The van der Waals surface area contributed by atoms with Gasteiger partial charge in [0.15, 0.2) is 5.76 Å². The average Bonchev–Trinajstić information content (AvgIpc) is 3.08. The Morgan fingerprint density at radius 2 is 1.81 bits per heavy atom. The van der Waals surface area contributed by atoms with Crippen molar-refractivity contribution in [3.63, 3.8) is 0 Å². The lowest BCUT2D eigenvalue weighted by atomic mass is 9.95. The summed E-state index contributed by atoms with van der Waals surface area (Å²) >= 11 is 0. The quantitative estimate of drug-likeness (QED) is 0.857. The summed E-state index contributed by atoms with van der Waals surface area (Å²) in [6.45, 7) is 0. The number of carbonyl (C=O) groups is 2. The molecule has 2 N–H and O–H groups in total. The molecule has 0 saturated carbocycles. The Labute approximate surface area is 156 Å². The van der Waals surface area contributed by atoms with Crippen LogP contribution in [0.4, 0.5) is 0 Å². The number of benzene rings is 1. The highest BCUT2D eigenvalue weighted by atomic mass is 16.5. The SMILES string of the molecule is O=C(NC1(C(=O)O)Cc2ccccc2C1)C1=COC(C2=CC=CCC2)=CO1. The van der Waals surface area contributed by atoms with Gasteiger partial charge < -0.3 is 19.9 Å². The summed E-state index contributed by atoms with van der Waals surface area (Å²) in [7, 11) is 0. The molecule has 0 bridgehead atoms. The maximum atomic E-state index is 12.6. The van der Waals surface area contributed by atoms with Gasteiger partial charge in [-0.2, -0.15) is 0 Å². The fraction of sp³-hybridized carbons (Fsp3) is 0.238. The second kappa shape index (κ2) is 6.79. The Balaban J connectivity index is 1.46. The van der Waals surface area contributed by atoms with Crippen LogP contribution in [0.3, 0.4) is 0 Å². The monoisotopic (exact) mass is 365 g/mol. The van der Waals surface area contributed by atoms with E-state index >= 15 is 0 Å². The van der Waals surface area contributed by atoms with E-state index in [2.05, 4.69) is 11.4 Å². The Morgan fingerprint density at radius 3 is 2.37 bits per heavy atom. The van der Waals surface area contributed by atoms with E-state index in [9.17, 15) is 14.7 Å². The zero-order chi connectivity index (χ0) is 18.9. The molecule has 3 aliphatic rings. The van der Waals surface area contributed by atoms with Crippen molar-refractivity contribution in [3.05, 3.63) is 83.2 Å². The zero-order valence-electron chi connectivity index (χ0n) is 14.6. The lowest BCUT2D eigenvalue weighted by molar-refractivity contribution is -0.147. The summed E-state index contributed by atoms with van der Waals surface area (Å²) in [6, 6.07) is 7.49. The van der Waals surface area contributed by atoms with E-state index in [1.807, 2.05) is 36.4 Å². The van der Waals surface area contributed by atoms with Crippen LogP contribution in [0.25, 0.3) is 0 Å². The molecule has 1 aliphatic heterocycles. The van der Waals surface area contributed by atoms with Crippen LogP contribution in [0, 0.1) is 0 Å². The van der Waals surface area contributed by atoms with Crippen LogP contribution in [0.2, 0.25) is 0 Å². The molecular formula is C21H19NO5. The number of hydrogen-bond donors (Lipinski definition) is 2. The lowest BCUT2D eigenvalue weighted by Gasteiger charge is -2.26. The first-order valence-electron chi connectivity index (χ1n) is 8.80. The highest BCUT2D eigenvalue weighted by Crippen LogP contribution is 2.31. The molecule has 1 aromatic carbocycles. The first kappa shape index (κ1) is 17.1. The van der Waals surface area contributed by atoms with Crippen molar-refractivity contribution in [1.29, 1.82) is 0 Å². The molecule has 6 nitrogen and oxygen atoms in total. The van der Waals surface area contributed by atoms with E-state index in [4.69, 9.17) is 9.47 Å². The van der Waals surface area contributed by atoms with E-state index in [1.165, 1.54) is 12.5 Å². The van der Waals surface area contributed by atoms with E-state index in [0.29, 0.717) is 5.76 Å². The van der Waals surface area contributed by atoms with Crippen molar-refractivity contribution < 1.29 is 24.2 Å². The highest BCUT2D eigenvalue weighted by molar-refractivity contribution is 5.96. The number of amides is 1. The minimum absolute atomic E-state index is 0.0673. The number of ether oxygens (including phenoxy) is 2. The summed E-state index contributed by atoms with van der Waals surface area (Å²) in [4.78, 5) is 24.5. The van der Waals surface area contributed by atoms with Crippen LogP contribution >= 0.6 is 0 Å². The topological polar surface area (TPSA) is 84.9 Å². The predicted molar refractivity (Wildman–Crippen MR) is 97.2 cm³/mol. The van der Waals surface area contributed by atoms with Gasteiger partial charge in [-0.1, -0.05) is 42.5 Å². The van der Waals surface area contributed by atoms with Gasteiger partial charge in [0, 0.05) is 12.8 Å². The number of nitrogens with one attached hydrogen (secondary N) is 1. The first-order valence-corrected chi connectivity index (χ1v) is 8.80. The van der Waals surface area contributed by atoms with Gasteiger partial charge >= 0.3 is 5.97 Å². The molecule has 0 atom stereocenters. The van der Waals surface area contributed by atoms with Gasteiger partial charge in [0.2, 0.25) is 5.76 Å². The third kappa shape index (κ3) is 3.26. The lowest BCUT2D eigenvalue weighted by Crippen LogP contribution is -2.56. The third-order valence-electron chi connectivity index (χ3n) is 5.01. The fourth-order valence-electron chi connectivity index (χ4n) is 3.54. The molecule has 4 rings (SSSR count). The molecular weight excluding hydrogens is 346 g/mol. The van der Waals surface area contributed by atoms with E-state index in [1.54, 1.807) is 0 Å². The summed E-state index contributed by atoms with van der Waals surface area (Å²) in [6.07, 6.45) is 10.8. The molecule has 2 aliphatic carbocycles. The second-order valence-corrected chi connectivity index (χ2v) is 6.82. The van der Waals surface area contributed by atoms with Crippen molar-refractivity contribution in [2.75, 3.05) is 0 Å². The number of carboxylic acids is 1. The van der Waals surface area contributed by atoms with Crippen LogP contribution in [0.15, 0.2) is 72.1 Å². The number of rotatable bonds is 4. The van der Waals surface area contributed by atoms with Gasteiger partial charge in [0.1, 0.15) is 18.1 Å². The molecule has 0 saturated heterocycles. The van der Waals surface area contributed by atoms with Crippen molar-refractivity contribution in [2.24, 2.45) is 0 Å². The maximum absolute atomic E-state index is 12.6. The molecule has 1 aromatic rings. The molecule has 27 heavy (non-hydrogen) atoms. The van der Waals surface area contributed by atoms with Crippen LogP contribution < -0.4 is 5.32 Å². The van der Waals surface area contributed by atoms with E-state index in [0.717, 1.165) is 29.5 Å². The predicted octanol–water partition coefficient (Wildman–Crippen LogP) is 2.73. The average molecular weight is 365 g/mol. The minimum Gasteiger partial charge on any atom is -0.479 e. The third-order valence-corrected chi connectivity index (χ3v) is 5.01. The molecule has 1 amide bonds. The number of carbonyl (C=O) groups excluding carboxylic acids is 1. The number of fused-ring (bicyclic) bond motifs is 1. The summed E-state index contributed by atoms with van der Waals surface area (Å²) < 4.78 is 11.0. The zero-order valence-corrected chi connectivity index (χ0v) is 14.6. The molecule has 0 aromatic heterocycles. The Kier molecular flexibility index (Phi) is 4.32. The standard InChI is InChI=1S/C21H19NO5/c23-19(18-13-26-17(12-27-18)14-6-2-1-3-7-14)22-21(20(24)25)10-15-8-4-5-9-16(15)11-21/h1-2,4-6,8-9,12-13H,3,7,10-11H2,(H,22,23)(H,24,25). The molecule has 6 heteroatoms.